The largest absolute Gasteiger partial charge is 0.399 e. The van der Waals surface area contributed by atoms with Crippen LogP contribution in [-0.4, -0.2) is 31.2 Å². The lowest BCUT2D eigenvalue weighted by atomic mass is 10.0. The number of benzene rings is 2. The number of rotatable bonds is 8. The van der Waals surface area contributed by atoms with Crippen molar-refractivity contribution in [3.8, 4) is 0 Å². The summed E-state index contributed by atoms with van der Waals surface area (Å²) in [6.45, 7) is 7.86. The average Bonchev–Trinajstić information content (AvgIpc) is 2.56. The molecule has 0 heterocycles. The highest BCUT2D eigenvalue weighted by molar-refractivity contribution is 7.89. The van der Waals surface area contributed by atoms with Crippen LogP contribution in [0.1, 0.15) is 34.1 Å². The lowest BCUT2D eigenvalue weighted by Gasteiger charge is -2.32. The maximum atomic E-state index is 13.4. The molecule has 0 aromatic heterocycles. The second-order valence-electron chi connectivity index (χ2n) is 7.66. The molecule has 0 bridgehead atoms. The Morgan fingerprint density at radius 2 is 1.67 bits per heavy atom. The van der Waals surface area contributed by atoms with E-state index in [1.54, 1.807) is 44.2 Å². The number of nitrogens with two attached hydrogens (primary N) is 2. The second-order valence-corrected chi connectivity index (χ2v) is 9.55. The van der Waals surface area contributed by atoms with Crippen LogP contribution in [0.25, 0.3) is 10.8 Å². The van der Waals surface area contributed by atoms with Crippen LogP contribution in [0.5, 0.6) is 0 Å². The third kappa shape index (κ3) is 4.78. The van der Waals surface area contributed by atoms with E-state index in [4.69, 9.17) is 11.5 Å². The van der Waals surface area contributed by atoms with Gasteiger partial charge in [0, 0.05) is 12.2 Å². The molecule has 2 aromatic carbocycles. The summed E-state index contributed by atoms with van der Waals surface area (Å²) >= 11 is 0. The Kier molecular flexibility index (Phi) is 6.49. The van der Waals surface area contributed by atoms with Gasteiger partial charge >= 0.3 is 0 Å². The standard InChI is InChI=1S/C20H29N3O3S/c1-13(2)9-10-23(19(14(3)4)20(22)24)27(25,26)18-8-6-15-5-7-17(21)11-16(15)12-18/h5-8,11-14,19H,9-10,21H2,1-4H3,(H2,22,24). The first-order valence-electron chi connectivity index (χ1n) is 9.14. The summed E-state index contributed by atoms with van der Waals surface area (Å²) in [7, 11) is -3.90. The van der Waals surface area contributed by atoms with Gasteiger partial charge in [0.05, 0.1) is 4.90 Å². The predicted octanol–water partition coefficient (Wildman–Crippen LogP) is 2.97. The Balaban J connectivity index is 2.56. The molecule has 0 aliphatic carbocycles. The number of fused-ring (bicyclic) bond motifs is 1. The summed E-state index contributed by atoms with van der Waals surface area (Å²) in [5, 5.41) is 1.63. The predicted molar refractivity (Wildman–Crippen MR) is 110 cm³/mol. The molecule has 0 aliphatic rings. The van der Waals surface area contributed by atoms with E-state index in [0.717, 1.165) is 10.8 Å². The van der Waals surface area contributed by atoms with Crippen LogP contribution in [0, 0.1) is 11.8 Å². The molecule has 0 aliphatic heterocycles. The second kappa shape index (κ2) is 8.27. The van der Waals surface area contributed by atoms with Gasteiger partial charge in [-0.1, -0.05) is 39.8 Å². The fourth-order valence-corrected chi connectivity index (χ4v) is 4.92. The normalized spacial score (nSPS) is 13.6. The minimum Gasteiger partial charge on any atom is -0.399 e. The highest BCUT2D eigenvalue weighted by Gasteiger charge is 2.36. The minimum atomic E-state index is -3.90. The molecule has 7 heteroatoms. The van der Waals surface area contributed by atoms with Crippen LogP contribution in [0.2, 0.25) is 0 Å². The van der Waals surface area contributed by atoms with E-state index in [2.05, 4.69) is 0 Å². The van der Waals surface area contributed by atoms with Crippen molar-refractivity contribution in [1.82, 2.24) is 4.31 Å². The minimum absolute atomic E-state index is 0.135. The van der Waals surface area contributed by atoms with Gasteiger partial charge in [0.2, 0.25) is 15.9 Å². The topological polar surface area (TPSA) is 106 Å². The maximum absolute atomic E-state index is 13.4. The monoisotopic (exact) mass is 391 g/mol. The van der Waals surface area contributed by atoms with Crippen molar-refractivity contribution in [2.24, 2.45) is 17.6 Å². The molecule has 0 spiro atoms. The van der Waals surface area contributed by atoms with Gasteiger partial charge in [-0.25, -0.2) is 8.42 Å². The van der Waals surface area contributed by atoms with Gasteiger partial charge in [-0.15, -0.1) is 0 Å². The van der Waals surface area contributed by atoms with E-state index in [9.17, 15) is 13.2 Å². The van der Waals surface area contributed by atoms with E-state index in [-0.39, 0.29) is 17.4 Å². The van der Waals surface area contributed by atoms with E-state index >= 15 is 0 Å². The van der Waals surface area contributed by atoms with Crippen LogP contribution in [0.3, 0.4) is 0 Å². The zero-order chi connectivity index (χ0) is 20.4. The van der Waals surface area contributed by atoms with Crippen LogP contribution in [0.4, 0.5) is 5.69 Å². The van der Waals surface area contributed by atoms with Crippen molar-refractivity contribution in [1.29, 1.82) is 0 Å². The lowest BCUT2D eigenvalue weighted by Crippen LogP contribution is -2.51. The number of sulfonamides is 1. The first kappa shape index (κ1) is 21.2. The molecule has 1 unspecified atom stereocenters. The molecule has 1 amide bonds. The summed E-state index contributed by atoms with van der Waals surface area (Å²) in [5.41, 5.74) is 12.0. The molecule has 27 heavy (non-hydrogen) atoms. The molecule has 1 atom stereocenters. The molecule has 6 nitrogen and oxygen atoms in total. The molecule has 0 radical (unpaired) electrons. The Labute approximate surface area is 161 Å². The molecule has 0 saturated heterocycles. The fraction of sp³-hybridized carbons (Fsp3) is 0.450. The van der Waals surface area contributed by atoms with Crippen molar-refractivity contribution in [3.63, 3.8) is 0 Å². The van der Waals surface area contributed by atoms with Crippen LogP contribution in [0.15, 0.2) is 41.3 Å². The van der Waals surface area contributed by atoms with Gasteiger partial charge in [-0.3, -0.25) is 4.79 Å². The number of carbonyl (C=O) groups is 1. The van der Waals surface area contributed by atoms with Gasteiger partial charge in [0.25, 0.3) is 0 Å². The van der Waals surface area contributed by atoms with Crippen molar-refractivity contribution < 1.29 is 13.2 Å². The highest BCUT2D eigenvalue weighted by atomic mass is 32.2. The van der Waals surface area contributed by atoms with E-state index in [1.165, 1.54) is 4.31 Å². The number of amides is 1. The zero-order valence-corrected chi connectivity index (χ0v) is 17.2. The van der Waals surface area contributed by atoms with Crippen LogP contribution < -0.4 is 11.5 Å². The number of nitrogens with zero attached hydrogens (tertiary/aromatic N) is 1. The van der Waals surface area contributed by atoms with E-state index < -0.39 is 22.0 Å². The van der Waals surface area contributed by atoms with Gasteiger partial charge in [-0.2, -0.15) is 4.31 Å². The number of nitrogen functional groups attached to an aromatic ring is 1. The van der Waals surface area contributed by atoms with Crippen LogP contribution in [-0.2, 0) is 14.8 Å². The Hall–Kier alpha value is -2.12. The Morgan fingerprint density at radius 1 is 1.04 bits per heavy atom. The third-order valence-electron chi connectivity index (χ3n) is 4.60. The summed E-state index contributed by atoms with van der Waals surface area (Å²) in [5.74, 6) is -0.581. The van der Waals surface area contributed by atoms with Crippen molar-refractivity contribution in [2.75, 3.05) is 12.3 Å². The first-order valence-corrected chi connectivity index (χ1v) is 10.6. The Bertz CT molecular complexity index is 923. The number of hydrogen-bond donors (Lipinski definition) is 2. The van der Waals surface area contributed by atoms with Gasteiger partial charge in [0.1, 0.15) is 6.04 Å². The smallest absolute Gasteiger partial charge is 0.243 e. The highest BCUT2D eigenvalue weighted by Crippen LogP contribution is 2.27. The molecule has 4 N–H and O–H groups in total. The number of anilines is 1. The third-order valence-corrected chi connectivity index (χ3v) is 6.48. The lowest BCUT2D eigenvalue weighted by molar-refractivity contribution is -0.123. The number of carbonyl (C=O) groups excluding carboxylic acids is 1. The molecule has 0 fully saturated rings. The molecule has 148 valence electrons. The quantitative estimate of drug-likeness (QED) is 0.675. The van der Waals surface area contributed by atoms with E-state index in [1.807, 2.05) is 19.9 Å². The zero-order valence-electron chi connectivity index (χ0n) is 16.3. The number of primary amides is 1. The van der Waals surface area contributed by atoms with Crippen molar-refractivity contribution in [2.45, 2.75) is 45.1 Å². The molecular weight excluding hydrogens is 362 g/mol. The molecule has 0 saturated carbocycles. The van der Waals surface area contributed by atoms with Gasteiger partial charge in [0.15, 0.2) is 0 Å². The van der Waals surface area contributed by atoms with E-state index in [0.29, 0.717) is 18.0 Å². The average molecular weight is 392 g/mol. The summed E-state index contributed by atoms with van der Waals surface area (Å²) < 4.78 is 28.1. The molecule has 2 aromatic rings. The van der Waals surface area contributed by atoms with Gasteiger partial charge < -0.3 is 11.5 Å². The van der Waals surface area contributed by atoms with Crippen molar-refractivity contribution >= 4 is 32.4 Å². The van der Waals surface area contributed by atoms with Gasteiger partial charge in [-0.05, 0) is 53.3 Å². The van der Waals surface area contributed by atoms with Crippen molar-refractivity contribution in [3.05, 3.63) is 36.4 Å². The molecule has 2 rings (SSSR count). The summed E-state index contributed by atoms with van der Waals surface area (Å²) in [6.07, 6.45) is 0.635. The number of hydrogen-bond acceptors (Lipinski definition) is 4. The SMILES string of the molecule is CC(C)CCN(C(C(N)=O)C(C)C)S(=O)(=O)c1ccc2ccc(N)cc2c1. The Morgan fingerprint density at radius 3 is 2.22 bits per heavy atom. The van der Waals surface area contributed by atoms with Crippen LogP contribution >= 0.6 is 0 Å². The molecular formula is C20H29N3O3S. The summed E-state index contributed by atoms with van der Waals surface area (Å²) in [6, 6.07) is 9.37. The first-order chi connectivity index (χ1) is 12.5. The fourth-order valence-electron chi connectivity index (χ4n) is 3.14. The maximum Gasteiger partial charge on any atom is 0.243 e. The summed E-state index contributed by atoms with van der Waals surface area (Å²) in [4.78, 5) is 12.2.